The van der Waals surface area contributed by atoms with E-state index >= 15 is 0 Å². The highest BCUT2D eigenvalue weighted by molar-refractivity contribution is 6.42. The molecule has 24 heavy (non-hydrogen) atoms. The number of carbonyl (C=O) groups excluding carboxylic acids is 1. The van der Waals surface area contributed by atoms with Crippen molar-refractivity contribution in [3.8, 4) is 0 Å². The van der Waals surface area contributed by atoms with Crippen LogP contribution < -0.4 is 0 Å². The third kappa shape index (κ3) is 3.24. The first-order valence-corrected chi connectivity index (χ1v) is 8.98. The number of ether oxygens (including phenoxy) is 1. The highest BCUT2D eigenvalue weighted by atomic mass is 35.5. The molecule has 1 amide bonds. The monoisotopic (exact) mass is 371 g/mol. The van der Waals surface area contributed by atoms with Crippen molar-refractivity contribution in [2.45, 2.75) is 50.7 Å². The minimum atomic E-state index is -0.523. The Morgan fingerprint density at radius 3 is 2.67 bits per heavy atom. The fourth-order valence-electron chi connectivity index (χ4n) is 4.05. The lowest BCUT2D eigenvalue weighted by atomic mass is 9.74. The van der Waals surface area contributed by atoms with Crippen LogP contribution in [0.3, 0.4) is 0 Å². The predicted octanol–water partition coefficient (Wildman–Crippen LogP) is 4.25. The predicted molar refractivity (Wildman–Crippen MR) is 94.7 cm³/mol. The summed E-state index contributed by atoms with van der Waals surface area (Å²) in [5.74, 6) is 0.192. The molecule has 1 aliphatic carbocycles. The van der Waals surface area contributed by atoms with E-state index in [4.69, 9.17) is 27.9 Å². The third-order valence-corrected chi connectivity index (χ3v) is 5.74. The molecule has 1 N–H and O–H groups in total. The number of likely N-dealkylation sites (tertiary alicyclic amines) is 1. The molecule has 132 valence electrons. The number of halogens is 2. The molecule has 0 spiro atoms. The highest BCUT2D eigenvalue weighted by Gasteiger charge is 2.55. The van der Waals surface area contributed by atoms with E-state index in [2.05, 4.69) is 0 Å². The highest BCUT2D eigenvalue weighted by Crippen LogP contribution is 2.51. The normalized spacial score (nSPS) is 29.7. The first-order valence-electron chi connectivity index (χ1n) is 8.22. The van der Waals surface area contributed by atoms with E-state index in [9.17, 15) is 9.90 Å². The topological polar surface area (TPSA) is 49.8 Å². The minimum absolute atomic E-state index is 0.192. The van der Waals surface area contributed by atoms with Crippen LogP contribution in [0.1, 0.15) is 39.2 Å². The molecule has 1 aromatic rings. The number of benzene rings is 1. The molecule has 0 bridgehead atoms. The lowest BCUT2D eigenvalue weighted by Crippen LogP contribution is -2.38. The molecule has 3 rings (SSSR count). The van der Waals surface area contributed by atoms with Crippen LogP contribution in [-0.2, 0) is 10.2 Å². The molecule has 1 heterocycles. The van der Waals surface area contributed by atoms with Crippen LogP contribution in [0.25, 0.3) is 0 Å². The summed E-state index contributed by atoms with van der Waals surface area (Å²) in [4.78, 5) is 14.2. The quantitative estimate of drug-likeness (QED) is 0.802. The van der Waals surface area contributed by atoms with Gasteiger partial charge in [0.2, 0.25) is 0 Å². The third-order valence-electron chi connectivity index (χ3n) is 5.00. The van der Waals surface area contributed by atoms with E-state index in [0.717, 1.165) is 5.56 Å². The Bertz CT molecular complexity index is 658. The number of amides is 1. The van der Waals surface area contributed by atoms with Gasteiger partial charge < -0.3 is 14.7 Å². The smallest absolute Gasteiger partial charge is 0.410 e. The number of fused-ring (bicyclic) bond motifs is 1. The van der Waals surface area contributed by atoms with Crippen LogP contribution in [0.4, 0.5) is 4.79 Å². The molecule has 1 saturated carbocycles. The molecule has 0 aromatic heterocycles. The van der Waals surface area contributed by atoms with E-state index in [-0.39, 0.29) is 23.5 Å². The van der Waals surface area contributed by atoms with E-state index in [1.807, 2.05) is 32.9 Å². The summed E-state index contributed by atoms with van der Waals surface area (Å²) in [7, 11) is 0. The molecule has 3 atom stereocenters. The standard InChI is InChI=1S/C18H23Cl2NO3/c1-17(2,3)24-16(23)21-9-12-6-13(22)8-18(12,10-21)11-4-5-14(19)15(20)7-11/h4-5,7,12-13,22H,6,8-10H2,1-3H3. The molecule has 1 saturated heterocycles. The Hall–Kier alpha value is -0.970. The average Bonchev–Trinajstić information content (AvgIpc) is 2.93. The lowest BCUT2D eigenvalue weighted by Gasteiger charge is -2.30. The molecular weight excluding hydrogens is 349 g/mol. The average molecular weight is 372 g/mol. The molecule has 1 aromatic carbocycles. The van der Waals surface area contributed by atoms with E-state index in [1.54, 1.807) is 11.0 Å². The lowest BCUT2D eigenvalue weighted by molar-refractivity contribution is 0.0265. The summed E-state index contributed by atoms with van der Waals surface area (Å²) in [6.07, 6.45) is 0.644. The van der Waals surface area contributed by atoms with Gasteiger partial charge in [0.15, 0.2) is 0 Å². The maximum Gasteiger partial charge on any atom is 0.410 e. The van der Waals surface area contributed by atoms with Crippen LogP contribution in [-0.4, -0.2) is 40.9 Å². The maximum atomic E-state index is 12.5. The van der Waals surface area contributed by atoms with Crippen molar-refractivity contribution in [1.82, 2.24) is 4.90 Å². The van der Waals surface area contributed by atoms with Gasteiger partial charge in [-0.3, -0.25) is 0 Å². The van der Waals surface area contributed by atoms with Crippen LogP contribution in [0.5, 0.6) is 0 Å². The maximum absolute atomic E-state index is 12.5. The second-order valence-electron chi connectivity index (χ2n) is 7.94. The number of aliphatic hydroxyl groups is 1. The van der Waals surface area contributed by atoms with Gasteiger partial charge in [0.25, 0.3) is 0 Å². The molecule has 0 radical (unpaired) electrons. The number of hydrogen-bond acceptors (Lipinski definition) is 3. The second-order valence-corrected chi connectivity index (χ2v) is 8.75. The summed E-state index contributed by atoms with van der Waals surface area (Å²) in [5.41, 5.74) is 0.222. The molecular formula is C18H23Cl2NO3. The van der Waals surface area contributed by atoms with Crippen molar-refractivity contribution in [3.05, 3.63) is 33.8 Å². The van der Waals surface area contributed by atoms with Crippen molar-refractivity contribution in [1.29, 1.82) is 0 Å². The first kappa shape index (κ1) is 17.8. The van der Waals surface area contributed by atoms with Gasteiger partial charge in [-0.15, -0.1) is 0 Å². The SMILES string of the molecule is CC(C)(C)OC(=O)N1CC2CC(O)CC2(c2ccc(Cl)c(Cl)c2)C1. The molecule has 1 aliphatic heterocycles. The number of nitrogens with zero attached hydrogens (tertiary/aromatic N) is 1. The molecule has 3 unspecified atom stereocenters. The fraction of sp³-hybridized carbons (Fsp3) is 0.611. The van der Waals surface area contributed by atoms with Crippen LogP contribution in [0, 0.1) is 5.92 Å². The number of rotatable bonds is 1. The largest absolute Gasteiger partial charge is 0.444 e. The van der Waals surface area contributed by atoms with E-state index in [1.165, 1.54) is 0 Å². The van der Waals surface area contributed by atoms with Gasteiger partial charge in [0, 0.05) is 18.5 Å². The Balaban J connectivity index is 1.89. The van der Waals surface area contributed by atoms with Gasteiger partial charge in [-0.1, -0.05) is 29.3 Å². The molecule has 6 heteroatoms. The zero-order valence-corrected chi connectivity index (χ0v) is 15.7. The number of hydrogen-bond donors (Lipinski definition) is 1. The van der Waals surface area contributed by atoms with Crippen molar-refractivity contribution in [2.24, 2.45) is 5.92 Å². The molecule has 2 aliphatic rings. The summed E-state index contributed by atoms with van der Waals surface area (Å²) in [6.45, 7) is 6.70. The van der Waals surface area contributed by atoms with E-state index < -0.39 is 5.60 Å². The van der Waals surface area contributed by atoms with Gasteiger partial charge in [0.05, 0.1) is 16.1 Å². The first-order chi connectivity index (χ1) is 11.1. The second kappa shape index (κ2) is 6.08. The summed E-state index contributed by atoms with van der Waals surface area (Å²) in [5, 5.41) is 11.2. The molecule has 2 fully saturated rings. The van der Waals surface area contributed by atoms with Crippen molar-refractivity contribution < 1.29 is 14.6 Å². The fourth-order valence-corrected chi connectivity index (χ4v) is 4.35. The van der Waals surface area contributed by atoms with E-state index in [0.29, 0.717) is 36.0 Å². The van der Waals surface area contributed by atoms with Crippen molar-refractivity contribution in [3.63, 3.8) is 0 Å². The van der Waals surface area contributed by atoms with Gasteiger partial charge in [-0.2, -0.15) is 0 Å². The van der Waals surface area contributed by atoms with Crippen molar-refractivity contribution >= 4 is 29.3 Å². The summed E-state index contributed by atoms with van der Waals surface area (Å²) >= 11 is 12.2. The summed E-state index contributed by atoms with van der Waals surface area (Å²) in [6, 6.07) is 5.61. The summed E-state index contributed by atoms with van der Waals surface area (Å²) < 4.78 is 5.51. The van der Waals surface area contributed by atoms with Crippen molar-refractivity contribution in [2.75, 3.05) is 13.1 Å². The minimum Gasteiger partial charge on any atom is -0.444 e. The Kier molecular flexibility index (Phi) is 4.52. The number of carbonyl (C=O) groups is 1. The van der Waals surface area contributed by atoms with Gasteiger partial charge >= 0.3 is 6.09 Å². The van der Waals surface area contributed by atoms with Gasteiger partial charge in [0.1, 0.15) is 5.60 Å². The Morgan fingerprint density at radius 1 is 1.33 bits per heavy atom. The zero-order chi connectivity index (χ0) is 17.7. The van der Waals surface area contributed by atoms with Crippen LogP contribution >= 0.6 is 23.2 Å². The van der Waals surface area contributed by atoms with Crippen LogP contribution in [0.2, 0.25) is 10.0 Å². The van der Waals surface area contributed by atoms with Crippen LogP contribution in [0.15, 0.2) is 18.2 Å². The Labute approximate surface area is 152 Å². The number of aliphatic hydroxyl groups excluding tert-OH is 1. The molecule has 4 nitrogen and oxygen atoms in total. The zero-order valence-electron chi connectivity index (χ0n) is 14.2. The van der Waals surface area contributed by atoms with Gasteiger partial charge in [-0.25, -0.2) is 4.79 Å². The Morgan fingerprint density at radius 2 is 2.04 bits per heavy atom. The van der Waals surface area contributed by atoms with Gasteiger partial charge in [-0.05, 0) is 57.2 Å².